The van der Waals surface area contributed by atoms with Gasteiger partial charge in [-0.15, -0.1) is 0 Å². The van der Waals surface area contributed by atoms with Crippen molar-refractivity contribution in [2.75, 3.05) is 11.9 Å². The molecular formula is C20H24N6O. The van der Waals surface area contributed by atoms with E-state index in [2.05, 4.69) is 20.4 Å². The standard InChI is InChI=1S/C20H24N6O/c1-24-14-16(13-22-24)15-25-11-3-2-5-19(25)20(27)23-17-6-8-18(9-7-17)26-12-4-10-21-26/h4,6-10,12-14,19H,2-3,5,11,15H2,1H3,(H,23,27)/t19-/m0/s1. The molecule has 1 saturated heterocycles. The first-order valence-corrected chi connectivity index (χ1v) is 9.31. The van der Waals surface area contributed by atoms with E-state index in [4.69, 9.17) is 0 Å². The second kappa shape index (κ2) is 7.75. The maximum Gasteiger partial charge on any atom is 0.241 e. The Balaban J connectivity index is 1.42. The molecule has 7 nitrogen and oxygen atoms in total. The van der Waals surface area contributed by atoms with Crippen molar-refractivity contribution in [2.24, 2.45) is 7.05 Å². The van der Waals surface area contributed by atoms with Gasteiger partial charge >= 0.3 is 0 Å². The van der Waals surface area contributed by atoms with E-state index in [0.29, 0.717) is 0 Å². The first-order chi connectivity index (χ1) is 13.2. The number of aromatic nitrogens is 4. The molecule has 140 valence electrons. The maximum absolute atomic E-state index is 12.9. The van der Waals surface area contributed by atoms with Gasteiger partial charge in [0.1, 0.15) is 0 Å². The normalized spacial score (nSPS) is 17.7. The highest BCUT2D eigenvalue weighted by molar-refractivity contribution is 5.95. The third kappa shape index (κ3) is 4.09. The predicted octanol–water partition coefficient (Wildman–Crippen LogP) is 2.60. The van der Waals surface area contributed by atoms with Crippen LogP contribution in [0.5, 0.6) is 0 Å². The van der Waals surface area contributed by atoms with Crippen LogP contribution < -0.4 is 5.32 Å². The molecule has 2 aromatic heterocycles. The summed E-state index contributed by atoms with van der Waals surface area (Å²) in [4.78, 5) is 15.2. The van der Waals surface area contributed by atoms with E-state index >= 15 is 0 Å². The Kier molecular flexibility index (Phi) is 5.02. The van der Waals surface area contributed by atoms with Crippen molar-refractivity contribution in [3.8, 4) is 5.69 Å². The number of piperidine rings is 1. The van der Waals surface area contributed by atoms with Gasteiger partial charge in [0, 0.05) is 43.4 Å². The molecule has 4 rings (SSSR count). The molecule has 1 amide bonds. The van der Waals surface area contributed by atoms with Crippen molar-refractivity contribution < 1.29 is 4.79 Å². The van der Waals surface area contributed by atoms with Gasteiger partial charge in [0.25, 0.3) is 0 Å². The number of likely N-dealkylation sites (tertiary alicyclic amines) is 1. The Morgan fingerprint density at radius 2 is 2.07 bits per heavy atom. The summed E-state index contributed by atoms with van der Waals surface area (Å²) in [6.45, 7) is 1.69. The van der Waals surface area contributed by atoms with E-state index in [1.165, 1.54) is 0 Å². The van der Waals surface area contributed by atoms with Gasteiger partial charge in [-0.3, -0.25) is 14.4 Å². The fourth-order valence-electron chi connectivity index (χ4n) is 3.61. The largest absolute Gasteiger partial charge is 0.325 e. The van der Waals surface area contributed by atoms with Gasteiger partial charge in [-0.05, 0) is 49.7 Å². The third-order valence-corrected chi connectivity index (χ3v) is 4.96. The Hall–Kier alpha value is -2.93. The van der Waals surface area contributed by atoms with E-state index in [1.54, 1.807) is 15.6 Å². The third-order valence-electron chi connectivity index (χ3n) is 4.96. The van der Waals surface area contributed by atoms with Gasteiger partial charge in [0.05, 0.1) is 17.9 Å². The first-order valence-electron chi connectivity index (χ1n) is 9.31. The van der Waals surface area contributed by atoms with E-state index in [1.807, 2.05) is 56.0 Å². The van der Waals surface area contributed by atoms with E-state index in [9.17, 15) is 4.79 Å². The van der Waals surface area contributed by atoms with Crippen LogP contribution in [0.15, 0.2) is 55.1 Å². The molecule has 1 aliphatic rings. The average Bonchev–Trinajstić information content (AvgIpc) is 3.35. The van der Waals surface area contributed by atoms with Crippen LogP contribution in [0.2, 0.25) is 0 Å². The summed E-state index contributed by atoms with van der Waals surface area (Å²) in [6.07, 6.45) is 10.6. The molecule has 1 fully saturated rings. The van der Waals surface area contributed by atoms with E-state index in [0.717, 1.165) is 49.3 Å². The van der Waals surface area contributed by atoms with Crippen LogP contribution in [0.1, 0.15) is 24.8 Å². The summed E-state index contributed by atoms with van der Waals surface area (Å²) in [7, 11) is 1.91. The zero-order valence-corrected chi connectivity index (χ0v) is 15.5. The zero-order chi connectivity index (χ0) is 18.6. The highest BCUT2D eigenvalue weighted by Gasteiger charge is 2.29. The van der Waals surface area contributed by atoms with E-state index < -0.39 is 0 Å². The smallest absolute Gasteiger partial charge is 0.241 e. The monoisotopic (exact) mass is 364 g/mol. The number of carbonyl (C=O) groups excluding carboxylic acids is 1. The molecule has 0 radical (unpaired) electrons. The predicted molar refractivity (Wildman–Crippen MR) is 103 cm³/mol. The molecule has 1 aliphatic heterocycles. The van der Waals surface area contributed by atoms with Crippen LogP contribution >= 0.6 is 0 Å². The Bertz CT molecular complexity index is 884. The van der Waals surface area contributed by atoms with Crippen LogP contribution in [0.25, 0.3) is 5.69 Å². The lowest BCUT2D eigenvalue weighted by Crippen LogP contribution is -2.46. The lowest BCUT2D eigenvalue weighted by atomic mass is 10.0. The van der Waals surface area contributed by atoms with Crippen molar-refractivity contribution in [2.45, 2.75) is 31.8 Å². The molecule has 0 bridgehead atoms. The van der Waals surface area contributed by atoms with Gasteiger partial charge in [-0.1, -0.05) is 6.42 Å². The number of carbonyl (C=O) groups is 1. The molecule has 0 spiro atoms. The highest BCUT2D eigenvalue weighted by Crippen LogP contribution is 2.21. The summed E-state index contributed by atoms with van der Waals surface area (Å²) in [5, 5.41) is 11.5. The summed E-state index contributed by atoms with van der Waals surface area (Å²) in [6, 6.07) is 9.53. The summed E-state index contributed by atoms with van der Waals surface area (Å²) in [5.41, 5.74) is 2.91. The van der Waals surface area contributed by atoms with E-state index in [-0.39, 0.29) is 11.9 Å². The summed E-state index contributed by atoms with van der Waals surface area (Å²) >= 11 is 0. The Morgan fingerprint density at radius 3 is 2.78 bits per heavy atom. The quantitative estimate of drug-likeness (QED) is 0.756. The molecule has 3 heterocycles. The minimum Gasteiger partial charge on any atom is -0.325 e. The minimum atomic E-state index is -0.107. The molecule has 0 unspecified atom stereocenters. The Morgan fingerprint density at radius 1 is 1.22 bits per heavy atom. The number of anilines is 1. The van der Waals surface area contributed by atoms with Gasteiger partial charge < -0.3 is 5.32 Å². The zero-order valence-electron chi connectivity index (χ0n) is 15.5. The molecule has 0 saturated carbocycles. The molecular weight excluding hydrogens is 340 g/mol. The second-order valence-electron chi connectivity index (χ2n) is 6.99. The number of nitrogens with one attached hydrogen (secondary N) is 1. The van der Waals surface area contributed by atoms with Crippen molar-refractivity contribution in [1.29, 1.82) is 0 Å². The molecule has 1 N–H and O–H groups in total. The molecule has 1 aromatic carbocycles. The van der Waals surface area contributed by atoms with Crippen molar-refractivity contribution >= 4 is 11.6 Å². The lowest BCUT2D eigenvalue weighted by molar-refractivity contribution is -0.122. The lowest BCUT2D eigenvalue weighted by Gasteiger charge is -2.34. The summed E-state index contributed by atoms with van der Waals surface area (Å²) < 4.78 is 3.60. The van der Waals surface area contributed by atoms with Crippen molar-refractivity contribution in [1.82, 2.24) is 24.5 Å². The van der Waals surface area contributed by atoms with Crippen LogP contribution in [0, 0.1) is 0 Å². The van der Waals surface area contributed by atoms with Crippen LogP contribution in [-0.2, 0) is 18.4 Å². The number of aryl methyl sites for hydroxylation is 1. The van der Waals surface area contributed by atoms with Crippen molar-refractivity contribution in [3.05, 3.63) is 60.7 Å². The fourth-order valence-corrected chi connectivity index (χ4v) is 3.61. The summed E-state index contributed by atoms with van der Waals surface area (Å²) in [5.74, 6) is 0.0606. The molecule has 7 heteroatoms. The van der Waals surface area contributed by atoms with Gasteiger partial charge in [0.2, 0.25) is 5.91 Å². The number of amides is 1. The van der Waals surface area contributed by atoms with Gasteiger partial charge in [0.15, 0.2) is 0 Å². The number of rotatable bonds is 5. The SMILES string of the molecule is Cn1cc(CN2CCCC[C@H]2C(=O)Nc2ccc(-n3cccn3)cc2)cn1. The number of hydrogen-bond donors (Lipinski definition) is 1. The van der Waals surface area contributed by atoms with Gasteiger partial charge in [-0.25, -0.2) is 4.68 Å². The number of nitrogens with zero attached hydrogens (tertiary/aromatic N) is 5. The highest BCUT2D eigenvalue weighted by atomic mass is 16.2. The number of hydrogen-bond acceptors (Lipinski definition) is 4. The van der Waals surface area contributed by atoms with Gasteiger partial charge in [-0.2, -0.15) is 10.2 Å². The molecule has 3 aromatic rings. The second-order valence-corrected chi connectivity index (χ2v) is 6.99. The fraction of sp³-hybridized carbons (Fsp3) is 0.350. The Labute approximate surface area is 158 Å². The first kappa shape index (κ1) is 17.5. The van der Waals surface area contributed by atoms with Crippen LogP contribution in [-0.4, -0.2) is 43.0 Å². The average molecular weight is 364 g/mol. The topological polar surface area (TPSA) is 68.0 Å². The minimum absolute atomic E-state index is 0.0606. The van der Waals surface area contributed by atoms with Crippen LogP contribution in [0.3, 0.4) is 0 Å². The molecule has 27 heavy (non-hydrogen) atoms. The van der Waals surface area contributed by atoms with Crippen LogP contribution in [0.4, 0.5) is 5.69 Å². The maximum atomic E-state index is 12.9. The van der Waals surface area contributed by atoms with Crippen molar-refractivity contribution in [3.63, 3.8) is 0 Å². The molecule has 0 aliphatic carbocycles. The number of benzene rings is 1. The molecule has 1 atom stereocenters.